The number of nitrogens with one attached hydrogen (secondary N) is 1. The number of carbonyl (C=O) groups is 1. The van der Waals surface area contributed by atoms with E-state index in [4.69, 9.17) is 11.6 Å². The molecular formula is C12H9BrClNOS. The highest BCUT2D eigenvalue weighted by Gasteiger charge is 2.09. The van der Waals surface area contributed by atoms with Gasteiger partial charge in [-0.1, -0.05) is 17.7 Å². The van der Waals surface area contributed by atoms with Gasteiger partial charge >= 0.3 is 0 Å². The van der Waals surface area contributed by atoms with E-state index in [2.05, 4.69) is 21.2 Å². The van der Waals surface area contributed by atoms with Crippen LogP contribution in [0.5, 0.6) is 0 Å². The van der Waals surface area contributed by atoms with E-state index in [1.807, 2.05) is 25.1 Å². The molecule has 17 heavy (non-hydrogen) atoms. The number of amides is 1. The van der Waals surface area contributed by atoms with Crippen molar-refractivity contribution in [3.05, 3.63) is 49.6 Å². The molecule has 1 amide bonds. The predicted molar refractivity (Wildman–Crippen MR) is 76.2 cm³/mol. The van der Waals surface area contributed by atoms with E-state index in [-0.39, 0.29) is 5.91 Å². The van der Waals surface area contributed by atoms with Crippen LogP contribution in [0.4, 0.5) is 5.69 Å². The maximum Gasteiger partial charge on any atom is 0.265 e. The van der Waals surface area contributed by atoms with E-state index < -0.39 is 0 Å². The summed E-state index contributed by atoms with van der Waals surface area (Å²) in [4.78, 5) is 12.5. The predicted octanol–water partition coefficient (Wildman–Crippen LogP) is 4.72. The fourth-order valence-corrected chi connectivity index (χ4v) is 2.76. The number of rotatable bonds is 2. The van der Waals surface area contributed by atoms with Crippen molar-refractivity contribution in [2.45, 2.75) is 6.92 Å². The summed E-state index contributed by atoms with van der Waals surface area (Å²) in [5.41, 5.74) is 1.69. The van der Waals surface area contributed by atoms with Crippen molar-refractivity contribution in [3.8, 4) is 0 Å². The Kier molecular flexibility index (Phi) is 3.86. The molecule has 0 atom stereocenters. The lowest BCUT2D eigenvalue weighted by Crippen LogP contribution is -2.09. The number of hydrogen-bond donors (Lipinski definition) is 1. The molecule has 1 heterocycles. The third kappa shape index (κ3) is 3.09. The first-order valence-electron chi connectivity index (χ1n) is 4.89. The lowest BCUT2D eigenvalue weighted by atomic mass is 10.2. The summed E-state index contributed by atoms with van der Waals surface area (Å²) < 4.78 is 0.935. The summed E-state index contributed by atoms with van der Waals surface area (Å²) in [6.45, 7) is 1.92. The second-order valence-corrected chi connectivity index (χ2v) is 6.39. The van der Waals surface area contributed by atoms with Gasteiger partial charge in [0, 0.05) is 10.7 Å². The van der Waals surface area contributed by atoms with Crippen LogP contribution in [0.25, 0.3) is 0 Å². The van der Waals surface area contributed by atoms with Crippen molar-refractivity contribution in [3.63, 3.8) is 0 Å². The van der Waals surface area contributed by atoms with Crippen LogP contribution < -0.4 is 5.32 Å². The lowest BCUT2D eigenvalue weighted by molar-refractivity contribution is 0.103. The number of anilines is 1. The summed E-state index contributed by atoms with van der Waals surface area (Å²) >= 11 is 10.7. The Bertz CT molecular complexity index is 567. The van der Waals surface area contributed by atoms with Crippen LogP contribution in [0.15, 0.2) is 34.1 Å². The van der Waals surface area contributed by atoms with Crippen LogP contribution in [0.1, 0.15) is 15.2 Å². The highest BCUT2D eigenvalue weighted by Crippen LogP contribution is 2.24. The van der Waals surface area contributed by atoms with E-state index in [0.717, 1.165) is 9.35 Å². The third-order valence-corrected chi connectivity index (χ3v) is 4.26. The molecule has 88 valence electrons. The monoisotopic (exact) mass is 329 g/mol. The minimum absolute atomic E-state index is 0.124. The van der Waals surface area contributed by atoms with Gasteiger partial charge in [0.05, 0.1) is 8.66 Å². The van der Waals surface area contributed by atoms with Gasteiger partial charge in [0.25, 0.3) is 5.91 Å². The molecule has 0 aliphatic heterocycles. The molecule has 0 saturated carbocycles. The number of halogens is 2. The van der Waals surface area contributed by atoms with Gasteiger partial charge in [0.1, 0.15) is 0 Å². The summed E-state index contributed by atoms with van der Waals surface area (Å²) in [6, 6.07) is 9.09. The van der Waals surface area contributed by atoms with E-state index in [0.29, 0.717) is 15.6 Å². The number of hydrogen-bond acceptors (Lipinski definition) is 2. The van der Waals surface area contributed by atoms with Crippen molar-refractivity contribution >= 4 is 50.5 Å². The van der Waals surface area contributed by atoms with Crippen LogP contribution in [-0.2, 0) is 0 Å². The smallest absolute Gasteiger partial charge is 0.265 e. The van der Waals surface area contributed by atoms with Crippen molar-refractivity contribution in [1.82, 2.24) is 0 Å². The Morgan fingerprint density at radius 3 is 2.71 bits per heavy atom. The normalized spacial score (nSPS) is 10.3. The molecule has 1 aromatic carbocycles. The molecule has 2 aromatic rings. The number of aryl methyl sites for hydroxylation is 1. The molecule has 0 aliphatic carbocycles. The van der Waals surface area contributed by atoms with Gasteiger partial charge in [-0.05, 0) is 52.7 Å². The molecule has 2 rings (SSSR count). The topological polar surface area (TPSA) is 29.1 Å². The Balaban J connectivity index is 2.15. The minimum atomic E-state index is -0.124. The Morgan fingerprint density at radius 2 is 2.12 bits per heavy atom. The molecule has 0 fully saturated rings. The van der Waals surface area contributed by atoms with Crippen LogP contribution in [0.2, 0.25) is 5.02 Å². The minimum Gasteiger partial charge on any atom is -0.321 e. The number of benzene rings is 1. The first kappa shape index (κ1) is 12.6. The highest BCUT2D eigenvalue weighted by atomic mass is 79.9. The Morgan fingerprint density at radius 1 is 1.35 bits per heavy atom. The van der Waals surface area contributed by atoms with Gasteiger partial charge in [0.2, 0.25) is 0 Å². The second-order valence-electron chi connectivity index (χ2n) is 3.52. The molecule has 1 aromatic heterocycles. The van der Waals surface area contributed by atoms with Gasteiger partial charge in [-0.2, -0.15) is 0 Å². The standard InChI is InChI=1S/C12H9BrClNOS/c1-7-2-3-8(6-9(7)14)15-12(16)10-4-5-11(13)17-10/h2-6H,1H3,(H,15,16). The van der Waals surface area contributed by atoms with Gasteiger partial charge in [-0.3, -0.25) is 4.79 Å². The van der Waals surface area contributed by atoms with E-state index >= 15 is 0 Å². The van der Waals surface area contributed by atoms with Crippen LogP contribution in [-0.4, -0.2) is 5.91 Å². The van der Waals surface area contributed by atoms with Crippen molar-refractivity contribution in [1.29, 1.82) is 0 Å². The molecular weight excluding hydrogens is 322 g/mol. The van der Waals surface area contributed by atoms with Gasteiger partial charge in [-0.15, -0.1) is 11.3 Å². The van der Waals surface area contributed by atoms with Crippen LogP contribution >= 0.6 is 38.9 Å². The van der Waals surface area contributed by atoms with E-state index in [1.54, 1.807) is 12.1 Å². The zero-order valence-corrected chi connectivity index (χ0v) is 12.1. The summed E-state index contributed by atoms with van der Waals surface area (Å²) in [5.74, 6) is -0.124. The molecule has 5 heteroatoms. The zero-order chi connectivity index (χ0) is 12.4. The summed E-state index contributed by atoms with van der Waals surface area (Å²) in [7, 11) is 0. The fourth-order valence-electron chi connectivity index (χ4n) is 1.30. The molecule has 0 bridgehead atoms. The molecule has 0 radical (unpaired) electrons. The largest absolute Gasteiger partial charge is 0.321 e. The molecule has 2 nitrogen and oxygen atoms in total. The molecule has 0 saturated heterocycles. The van der Waals surface area contributed by atoms with Crippen LogP contribution in [0, 0.1) is 6.92 Å². The maximum atomic E-state index is 11.9. The van der Waals surface area contributed by atoms with Crippen molar-refractivity contribution in [2.24, 2.45) is 0 Å². The summed E-state index contributed by atoms with van der Waals surface area (Å²) in [5, 5.41) is 3.45. The Labute approximate surface area is 117 Å². The van der Waals surface area contributed by atoms with Crippen molar-refractivity contribution in [2.75, 3.05) is 5.32 Å². The first-order valence-corrected chi connectivity index (χ1v) is 6.88. The number of carbonyl (C=O) groups excluding carboxylic acids is 1. The molecule has 0 unspecified atom stereocenters. The SMILES string of the molecule is Cc1ccc(NC(=O)c2ccc(Br)s2)cc1Cl. The van der Waals surface area contributed by atoms with Gasteiger partial charge < -0.3 is 5.32 Å². The summed E-state index contributed by atoms with van der Waals surface area (Å²) in [6.07, 6.45) is 0. The fraction of sp³-hybridized carbons (Fsp3) is 0.0833. The average molecular weight is 331 g/mol. The maximum absolute atomic E-state index is 11.9. The quantitative estimate of drug-likeness (QED) is 0.847. The van der Waals surface area contributed by atoms with Crippen LogP contribution in [0.3, 0.4) is 0 Å². The zero-order valence-electron chi connectivity index (χ0n) is 8.96. The van der Waals surface area contributed by atoms with E-state index in [9.17, 15) is 4.79 Å². The van der Waals surface area contributed by atoms with Gasteiger partial charge in [0.15, 0.2) is 0 Å². The second kappa shape index (κ2) is 5.21. The van der Waals surface area contributed by atoms with Crippen molar-refractivity contribution < 1.29 is 4.79 Å². The van der Waals surface area contributed by atoms with E-state index in [1.165, 1.54) is 11.3 Å². The number of thiophene rings is 1. The Hall–Kier alpha value is -0.840. The average Bonchev–Trinajstić information content (AvgIpc) is 2.70. The molecule has 0 aliphatic rings. The molecule has 0 spiro atoms. The third-order valence-electron chi connectivity index (χ3n) is 2.23. The highest BCUT2D eigenvalue weighted by molar-refractivity contribution is 9.11. The first-order chi connectivity index (χ1) is 8.06. The van der Waals surface area contributed by atoms with Gasteiger partial charge in [-0.25, -0.2) is 0 Å². The lowest BCUT2D eigenvalue weighted by Gasteiger charge is -2.05. The molecule has 1 N–H and O–H groups in total.